The Morgan fingerprint density at radius 2 is 1.93 bits per heavy atom. The molecule has 1 N–H and O–H groups in total. The lowest BCUT2D eigenvalue weighted by molar-refractivity contribution is -0.121. The first-order chi connectivity index (χ1) is 7.16. The van der Waals surface area contributed by atoms with Gasteiger partial charge in [-0.1, -0.05) is 0 Å². The third-order valence-electron chi connectivity index (χ3n) is 3.31. The van der Waals surface area contributed by atoms with E-state index < -0.39 is 6.09 Å². The number of carbonyl (C=O) groups excluding carboxylic acids is 1. The van der Waals surface area contributed by atoms with Crippen LogP contribution in [-0.2, 0) is 4.79 Å². The monoisotopic (exact) mass is 212 g/mol. The van der Waals surface area contributed by atoms with Crippen LogP contribution < -0.4 is 0 Å². The van der Waals surface area contributed by atoms with Gasteiger partial charge in [0.1, 0.15) is 5.78 Å². The second-order valence-electron chi connectivity index (χ2n) is 4.25. The Morgan fingerprint density at radius 3 is 2.47 bits per heavy atom. The van der Waals surface area contributed by atoms with Gasteiger partial charge in [0.15, 0.2) is 0 Å². The summed E-state index contributed by atoms with van der Waals surface area (Å²) in [4.78, 5) is 25.5. The molecule has 1 atom stereocenters. The van der Waals surface area contributed by atoms with E-state index >= 15 is 0 Å². The normalized spacial score (nSPS) is 28.4. The number of hydrogen-bond donors (Lipinski definition) is 1. The average molecular weight is 212 g/mol. The number of rotatable bonds is 1. The van der Waals surface area contributed by atoms with Crippen molar-refractivity contribution in [3.63, 3.8) is 0 Å². The van der Waals surface area contributed by atoms with Crippen molar-refractivity contribution in [1.82, 2.24) is 9.80 Å². The molecule has 2 heterocycles. The highest BCUT2D eigenvalue weighted by atomic mass is 16.4. The van der Waals surface area contributed by atoms with Gasteiger partial charge < -0.3 is 10.0 Å². The topological polar surface area (TPSA) is 60.9 Å². The number of ketones is 1. The Balaban J connectivity index is 1.85. The second kappa shape index (κ2) is 4.18. The molecular formula is C10H16N2O3. The van der Waals surface area contributed by atoms with E-state index in [1.807, 2.05) is 0 Å². The maximum atomic E-state index is 11.1. The van der Waals surface area contributed by atoms with Crippen LogP contribution in [-0.4, -0.2) is 59.0 Å². The first kappa shape index (κ1) is 10.4. The first-order valence-corrected chi connectivity index (χ1v) is 5.40. The number of hydrogen-bond acceptors (Lipinski definition) is 3. The quantitative estimate of drug-likeness (QED) is 0.683. The zero-order valence-electron chi connectivity index (χ0n) is 8.69. The molecule has 2 fully saturated rings. The van der Waals surface area contributed by atoms with Gasteiger partial charge in [-0.25, -0.2) is 4.79 Å². The molecule has 84 valence electrons. The van der Waals surface area contributed by atoms with Gasteiger partial charge in [0.2, 0.25) is 0 Å². The number of amides is 1. The molecule has 0 radical (unpaired) electrons. The van der Waals surface area contributed by atoms with Crippen LogP contribution in [0.3, 0.4) is 0 Å². The van der Waals surface area contributed by atoms with Crippen LogP contribution in [0.5, 0.6) is 0 Å². The molecule has 0 unspecified atom stereocenters. The fourth-order valence-electron chi connectivity index (χ4n) is 2.35. The van der Waals surface area contributed by atoms with E-state index in [0.717, 1.165) is 19.5 Å². The van der Waals surface area contributed by atoms with Crippen molar-refractivity contribution in [3.8, 4) is 0 Å². The van der Waals surface area contributed by atoms with Crippen molar-refractivity contribution < 1.29 is 14.7 Å². The third kappa shape index (κ3) is 2.28. The van der Waals surface area contributed by atoms with Gasteiger partial charge in [-0.2, -0.15) is 0 Å². The summed E-state index contributed by atoms with van der Waals surface area (Å²) in [6, 6.07) is 0.328. The zero-order valence-corrected chi connectivity index (χ0v) is 8.69. The molecule has 1 amide bonds. The smallest absolute Gasteiger partial charge is 0.407 e. The average Bonchev–Trinajstić information content (AvgIpc) is 2.68. The standard InChI is InChI=1S/C10H16N2O3/c13-9-2-5-11(6-3-9)8-1-4-12(7-8)10(14)15/h8H,1-7H2,(H,14,15)/t8-/m0/s1. The highest BCUT2D eigenvalue weighted by molar-refractivity contribution is 5.79. The van der Waals surface area contributed by atoms with E-state index in [1.165, 1.54) is 4.90 Å². The van der Waals surface area contributed by atoms with Gasteiger partial charge in [0, 0.05) is 45.1 Å². The molecule has 0 aromatic heterocycles. The summed E-state index contributed by atoms with van der Waals surface area (Å²) in [5, 5.41) is 8.82. The number of nitrogens with zero attached hydrogens (tertiary/aromatic N) is 2. The third-order valence-corrected chi connectivity index (χ3v) is 3.31. The number of Topliss-reactive ketones (excluding diaryl/α,β-unsaturated/α-hetero) is 1. The molecule has 2 saturated heterocycles. The van der Waals surface area contributed by atoms with Crippen molar-refractivity contribution in [3.05, 3.63) is 0 Å². The molecule has 5 nitrogen and oxygen atoms in total. The molecule has 2 aliphatic rings. The van der Waals surface area contributed by atoms with Crippen molar-refractivity contribution in [2.75, 3.05) is 26.2 Å². The maximum absolute atomic E-state index is 11.1. The summed E-state index contributed by atoms with van der Waals surface area (Å²) in [5.41, 5.74) is 0. The highest BCUT2D eigenvalue weighted by Crippen LogP contribution is 2.18. The van der Waals surface area contributed by atoms with Crippen LogP contribution in [0.2, 0.25) is 0 Å². The molecule has 0 saturated carbocycles. The molecule has 2 rings (SSSR count). The molecule has 2 aliphatic heterocycles. The van der Waals surface area contributed by atoms with E-state index in [0.29, 0.717) is 37.8 Å². The zero-order chi connectivity index (χ0) is 10.8. The van der Waals surface area contributed by atoms with Gasteiger partial charge in [0.25, 0.3) is 0 Å². The Bertz CT molecular complexity index is 270. The van der Waals surface area contributed by atoms with E-state index in [-0.39, 0.29) is 0 Å². The SMILES string of the molecule is O=C1CCN([C@H]2CCN(C(=O)O)C2)CC1. The van der Waals surface area contributed by atoms with Crippen LogP contribution in [0.1, 0.15) is 19.3 Å². The van der Waals surface area contributed by atoms with Gasteiger partial charge >= 0.3 is 6.09 Å². The predicted molar refractivity (Wildman–Crippen MR) is 53.8 cm³/mol. The summed E-state index contributed by atoms with van der Waals surface area (Å²) in [5.74, 6) is 0.333. The minimum Gasteiger partial charge on any atom is -0.465 e. The minimum absolute atomic E-state index is 0.328. The summed E-state index contributed by atoms with van der Waals surface area (Å²) >= 11 is 0. The predicted octanol–water partition coefficient (Wildman–Crippen LogP) is 0.404. The summed E-state index contributed by atoms with van der Waals surface area (Å²) < 4.78 is 0. The molecule has 0 bridgehead atoms. The fourth-order valence-corrected chi connectivity index (χ4v) is 2.35. The molecular weight excluding hydrogens is 196 g/mol. The van der Waals surface area contributed by atoms with Crippen LogP contribution in [0.15, 0.2) is 0 Å². The number of likely N-dealkylation sites (tertiary alicyclic amines) is 2. The van der Waals surface area contributed by atoms with Gasteiger partial charge in [-0.3, -0.25) is 9.69 Å². The van der Waals surface area contributed by atoms with Crippen LogP contribution >= 0.6 is 0 Å². The van der Waals surface area contributed by atoms with Gasteiger partial charge in [-0.05, 0) is 6.42 Å². The van der Waals surface area contributed by atoms with Crippen LogP contribution in [0, 0.1) is 0 Å². The number of piperidine rings is 1. The van der Waals surface area contributed by atoms with Crippen molar-refractivity contribution in [2.24, 2.45) is 0 Å². The lowest BCUT2D eigenvalue weighted by atomic mass is 10.1. The minimum atomic E-state index is -0.828. The largest absolute Gasteiger partial charge is 0.465 e. The summed E-state index contributed by atoms with van der Waals surface area (Å²) in [7, 11) is 0. The molecule has 0 spiro atoms. The van der Waals surface area contributed by atoms with Crippen LogP contribution in [0.4, 0.5) is 4.79 Å². The number of carbonyl (C=O) groups is 2. The molecule has 0 aromatic carbocycles. The van der Waals surface area contributed by atoms with Crippen molar-refractivity contribution >= 4 is 11.9 Å². The molecule has 0 aliphatic carbocycles. The Morgan fingerprint density at radius 1 is 1.27 bits per heavy atom. The lowest BCUT2D eigenvalue weighted by Gasteiger charge is -2.31. The van der Waals surface area contributed by atoms with E-state index in [2.05, 4.69) is 4.90 Å². The fraction of sp³-hybridized carbons (Fsp3) is 0.800. The highest BCUT2D eigenvalue weighted by Gasteiger charge is 2.31. The lowest BCUT2D eigenvalue weighted by Crippen LogP contribution is -2.43. The van der Waals surface area contributed by atoms with Gasteiger partial charge in [0.05, 0.1) is 0 Å². The van der Waals surface area contributed by atoms with Gasteiger partial charge in [-0.15, -0.1) is 0 Å². The Hall–Kier alpha value is -1.10. The number of carboxylic acid groups (broad SMARTS) is 1. The molecule has 0 aromatic rings. The van der Waals surface area contributed by atoms with E-state index in [1.54, 1.807) is 0 Å². The maximum Gasteiger partial charge on any atom is 0.407 e. The van der Waals surface area contributed by atoms with Crippen molar-refractivity contribution in [2.45, 2.75) is 25.3 Å². The second-order valence-corrected chi connectivity index (χ2v) is 4.25. The Kier molecular flexibility index (Phi) is 2.90. The van der Waals surface area contributed by atoms with Crippen LogP contribution in [0.25, 0.3) is 0 Å². The van der Waals surface area contributed by atoms with E-state index in [4.69, 9.17) is 5.11 Å². The summed E-state index contributed by atoms with van der Waals surface area (Å²) in [6.07, 6.45) is 1.33. The molecule has 15 heavy (non-hydrogen) atoms. The Labute approximate surface area is 88.6 Å². The van der Waals surface area contributed by atoms with Crippen molar-refractivity contribution in [1.29, 1.82) is 0 Å². The summed E-state index contributed by atoms with van der Waals surface area (Å²) in [6.45, 7) is 2.84. The molecule has 5 heteroatoms. The first-order valence-electron chi connectivity index (χ1n) is 5.40. The van der Waals surface area contributed by atoms with E-state index in [9.17, 15) is 9.59 Å².